The lowest BCUT2D eigenvalue weighted by molar-refractivity contribution is 0.394. The Morgan fingerprint density at radius 3 is 2.56 bits per heavy atom. The van der Waals surface area contributed by atoms with E-state index in [1.165, 1.54) is 0 Å². The fourth-order valence-corrected chi connectivity index (χ4v) is 1.77. The molecular formula is C14H18O2. The molecule has 0 N–H and O–H groups in total. The topological polar surface area (TPSA) is 18.5 Å². The Kier molecular flexibility index (Phi) is 4.72. The van der Waals surface area contributed by atoms with Crippen LogP contribution in [0.5, 0.6) is 11.5 Å². The van der Waals surface area contributed by atoms with Gasteiger partial charge in [0.1, 0.15) is 11.5 Å². The highest BCUT2D eigenvalue weighted by Gasteiger charge is 2.14. The third-order valence-electron chi connectivity index (χ3n) is 2.73. The second kappa shape index (κ2) is 6.07. The quantitative estimate of drug-likeness (QED) is 0.706. The monoisotopic (exact) mass is 218 g/mol. The number of methoxy groups -OCH3 is 2. The Balaban J connectivity index is 3.11. The summed E-state index contributed by atoms with van der Waals surface area (Å²) >= 11 is 0. The summed E-state index contributed by atoms with van der Waals surface area (Å²) < 4.78 is 10.6. The molecule has 0 fully saturated rings. The van der Waals surface area contributed by atoms with Gasteiger partial charge in [-0.25, -0.2) is 0 Å². The van der Waals surface area contributed by atoms with Gasteiger partial charge in [0, 0.05) is 12.0 Å². The molecule has 0 spiro atoms. The van der Waals surface area contributed by atoms with Crippen molar-refractivity contribution >= 4 is 0 Å². The lowest BCUT2D eigenvalue weighted by atomic mass is 9.92. The minimum Gasteiger partial charge on any atom is -0.497 e. The number of ether oxygens (including phenoxy) is 2. The SMILES string of the molecule is C#CCC(CC)c1cc(OC)ccc1OC. The maximum Gasteiger partial charge on any atom is 0.122 e. The Morgan fingerprint density at radius 2 is 2.06 bits per heavy atom. The van der Waals surface area contributed by atoms with E-state index in [0.717, 1.165) is 29.9 Å². The average molecular weight is 218 g/mol. The molecule has 0 amide bonds. The van der Waals surface area contributed by atoms with E-state index in [1.807, 2.05) is 18.2 Å². The molecule has 1 aromatic rings. The maximum absolute atomic E-state index is 5.38. The number of hydrogen-bond donors (Lipinski definition) is 0. The third-order valence-corrected chi connectivity index (χ3v) is 2.73. The van der Waals surface area contributed by atoms with E-state index in [4.69, 9.17) is 15.9 Å². The normalized spacial score (nSPS) is 11.6. The smallest absolute Gasteiger partial charge is 0.122 e. The predicted octanol–water partition coefficient (Wildman–Crippen LogP) is 3.22. The molecule has 0 saturated carbocycles. The van der Waals surface area contributed by atoms with E-state index in [0.29, 0.717) is 5.92 Å². The Labute approximate surface area is 97.6 Å². The summed E-state index contributed by atoms with van der Waals surface area (Å²) in [5.74, 6) is 4.76. The van der Waals surface area contributed by atoms with Crippen LogP contribution in [-0.2, 0) is 0 Å². The summed E-state index contributed by atoms with van der Waals surface area (Å²) in [7, 11) is 3.33. The van der Waals surface area contributed by atoms with Crippen LogP contribution in [0, 0.1) is 12.3 Å². The van der Waals surface area contributed by atoms with Gasteiger partial charge in [-0.05, 0) is 30.5 Å². The van der Waals surface area contributed by atoms with Crippen molar-refractivity contribution in [1.82, 2.24) is 0 Å². The van der Waals surface area contributed by atoms with Crippen LogP contribution in [0.4, 0.5) is 0 Å². The summed E-state index contributed by atoms with van der Waals surface area (Å²) in [4.78, 5) is 0. The van der Waals surface area contributed by atoms with Crippen molar-refractivity contribution in [2.45, 2.75) is 25.7 Å². The second-order valence-electron chi connectivity index (χ2n) is 3.62. The molecule has 0 aliphatic heterocycles. The molecule has 1 rings (SSSR count). The molecule has 0 aromatic heterocycles. The first-order chi connectivity index (χ1) is 7.76. The average Bonchev–Trinajstić information content (AvgIpc) is 2.35. The fourth-order valence-electron chi connectivity index (χ4n) is 1.77. The number of hydrogen-bond acceptors (Lipinski definition) is 2. The molecule has 2 nitrogen and oxygen atoms in total. The molecule has 16 heavy (non-hydrogen) atoms. The van der Waals surface area contributed by atoms with Crippen molar-refractivity contribution < 1.29 is 9.47 Å². The molecule has 2 heteroatoms. The number of rotatable bonds is 5. The predicted molar refractivity (Wildman–Crippen MR) is 66.0 cm³/mol. The zero-order valence-corrected chi connectivity index (χ0v) is 10.1. The van der Waals surface area contributed by atoms with E-state index in [-0.39, 0.29) is 0 Å². The zero-order chi connectivity index (χ0) is 12.0. The van der Waals surface area contributed by atoms with Gasteiger partial charge >= 0.3 is 0 Å². The Morgan fingerprint density at radius 1 is 1.31 bits per heavy atom. The Hall–Kier alpha value is -1.62. The second-order valence-corrected chi connectivity index (χ2v) is 3.62. The fraction of sp³-hybridized carbons (Fsp3) is 0.429. The summed E-state index contributed by atoms with van der Waals surface area (Å²) in [5.41, 5.74) is 1.13. The van der Waals surface area contributed by atoms with Gasteiger partial charge < -0.3 is 9.47 Å². The van der Waals surface area contributed by atoms with E-state index < -0.39 is 0 Å². The molecule has 86 valence electrons. The maximum atomic E-state index is 5.38. The van der Waals surface area contributed by atoms with E-state index in [1.54, 1.807) is 14.2 Å². The van der Waals surface area contributed by atoms with Crippen molar-refractivity contribution in [3.8, 4) is 23.8 Å². The Bertz CT molecular complexity index is 377. The first kappa shape index (κ1) is 12.4. The van der Waals surface area contributed by atoms with Crippen LogP contribution in [0.15, 0.2) is 18.2 Å². The molecule has 0 saturated heterocycles. The number of terminal acetylenes is 1. The first-order valence-electron chi connectivity index (χ1n) is 5.42. The number of benzene rings is 1. The first-order valence-corrected chi connectivity index (χ1v) is 5.42. The van der Waals surface area contributed by atoms with Gasteiger partial charge in [0.15, 0.2) is 0 Å². The minimum absolute atomic E-state index is 0.329. The molecular weight excluding hydrogens is 200 g/mol. The molecule has 1 unspecified atom stereocenters. The molecule has 0 aliphatic rings. The van der Waals surface area contributed by atoms with Crippen molar-refractivity contribution in [3.63, 3.8) is 0 Å². The lowest BCUT2D eigenvalue weighted by Gasteiger charge is -2.17. The summed E-state index contributed by atoms with van der Waals surface area (Å²) in [6.07, 6.45) is 7.10. The van der Waals surface area contributed by atoms with Crippen molar-refractivity contribution in [2.24, 2.45) is 0 Å². The van der Waals surface area contributed by atoms with Gasteiger partial charge in [-0.1, -0.05) is 6.92 Å². The highest BCUT2D eigenvalue weighted by molar-refractivity contribution is 5.42. The third kappa shape index (κ3) is 2.70. The van der Waals surface area contributed by atoms with Crippen LogP contribution in [0.2, 0.25) is 0 Å². The lowest BCUT2D eigenvalue weighted by Crippen LogP contribution is -2.00. The highest BCUT2D eigenvalue weighted by Crippen LogP contribution is 2.33. The van der Waals surface area contributed by atoms with E-state index in [9.17, 15) is 0 Å². The summed E-state index contributed by atoms with van der Waals surface area (Å²) in [5, 5.41) is 0. The van der Waals surface area contributed by atoms with Crippen LogP contribution in [0.25, 0.3) is 0 Å². The van der Waals surface area contributed by atoms with Crippen LogP contribution < -0.4 is 9.47 Å². The van der Waals surface area contributed by atoms with Crippen molar-refractivity contribution in [2.75, 3.05) is 14.2 Å². The van der Waals surface area contributed by atoms with E-state index >= 15 is 0 Å². The molecule has 0 heterocycles. The van der Waals surface area contributed by atoms with Gasteiger partial charge in [-0.3, -0.25) is 0 Å². The summed E-state index contributed by atoms with van der Waals surface area (Å²) in [6.45, 7) is 2.13. The molecule has 0 aliphatic carbocycles. The van der Waals surface area contributed by atoms with Crippen molar-refractivity contribution in [3.05, 3.63) is 23.8 Å². The van der Waals surface area contributed by atoms with Crippen LogP contribution in [-0.4, -0.2) is 14.2 Å². The molecule has 0 bridgehead atoms. The molecule has 1 atom stereocenters. The molecule has 1 aromatic carbocycles. The largest absolute Gasteiger partial charge is 0.497 e. The highest BCUT2D eigenvalue weighted by atomic mass is 16.5. The van der Waals surface area contributed by atoms with Crippen molar-refractivity contribution in [1.29, 1.82) is 0 Å². The van der Waals surface area contributed by atoms with E-state index in [2.05, 4.69) is 12.8 Å². The van der Waals surface area contributed by atoms with Gasteiger partial charge in [0.05, 0.1) is 14.2 Å². The van der Waals surface area contributed by atoms with Gasteiger partial charge in [0.25, 0.3) is 0 Å². The summed E-state index contributed by atoms with van der Waals surface area (Å²) in [6, 6.07) is 5.82. The standard InChI is InChI=1S/C14H18O2/c1-5-7-11(6-2)13-10-12(15-3)8-9-14(13)16-4/h1,8-11H,6-7H2,2-4H3. The van der Waals surface area contributed by atoms with Gasteiger partial charge in [0.2, 0.25) is 0 Å². The molecule has 0 radical (unpaired) electrons. The van der Waals surface area contributed by atoms with Crippen LogP contribution >= 0.6 is 0 Å². The van der Waals surface area contributed by atoms with Crippen LogP contribution in [0.1, 0.15) is 31.2 Å². The van der Waals surface area contributed by atoms with Crippen LogP contribution in [0.3, 0.4) is 0 Å². The minimum atomic E-state index is 0.329. The van der Waals surface area contributed by atoms with Gasteiger partial charge in [-0.2, -0.15) is 0 Å². The zero-order valence-electron chi connectivity index (χ0n) is 10.1. The van der Waals surface area contributed by atoms with Gasteiger partial charge in [-0.15, -0.1) is 12.3 Å².